The van der Waals surface area contributed by atoms with Crippen LogP contribution in [-0.2, 0) is 0 Å². The van der Waals surface area contributed by atoms with Gasteiger partial charge in [0.1, 0.15) is 10.8 Å². The van der Waals surface area contributed by atoms with Gasteiger partial charge in [-0.25, -0.2) is 4.98 Å². The zero-order valence-electron chi connectivity index (χ0n) is 18.0. The van der Waals surface area contributed by atoms with Crippen LogP contribution in [0.1, 0.15) is 16.1 Å². The summed E-state index contributed by atoms with van der Waals surface area (Å²) in [4.78, 5) is 17.4. The molecule has 0 aliphatic heterocycles. The van der Waals surface area contributed by atoms with E-state index in [1.54, 1.807) is 23.5 Å². The molecule has 0 unspecified atom stereocenters. The third-order valence-corrected chi connectivity index (χ3v) is 6.89. The summed E-state index contributed by atoms with van der Waals surface area (Å²) in [6.07, 6.45) is 0. The number of aromatic nitrogens is 1. The van der Waals surface area contributed by atoms with Gasteiger partial charge in [0.2, 0.25) is 0 Å². The number of anilines is 1. The standard InChI is InChI=1S/C26H18ClN3O2S2/c1-15-10-11-16(14-18(15)27)21-12-13-22(32-21)24(31)30-26(33)29-19-7-3-2-6-17(19)25-28-20-8-4-5-9-23(20)34-25/h2-14H,1H3,(H2,29,30,31,33). The molecule has 2 N–H and O–H groups in total. The molecule has 0 saturated heterocycles. The van der Waals surface area contributed by atoms with Crippen LogP contribution in [0.2, 0.25) is 5.02 Å². The minimum atomic E-state index is -0.445. The summed E-state index contributed by atoms with van der Waals surface area (Å²) in [5.74, 6) is 0.252. The Bertz CT molecular complexity index is 1510. The number of benzene rings is 3. The van der Waals surface area contributed by atoms with E-state index in [1.807, 2.05) is 73.7 Å². The van der Waals surface area contributed by atoms with Crippen LogP contribution in [0.25, 0.3) is 32.1 Å². The number of fused-ring (bicyclic) bond motifs is 1. The third-order valence-electron chi connectivity index (χ3n) is 5.21. The topological polar surface area (TPSA) is 67.2 Å². The SMILES string of the molecule is Cc1ccc(-c2ccc(C(=O)NC(=S)Nc3ccccc3-c3nc4ccccc4s3)o2)cc1Cl. The maximum atomic E-state index is 12.7. The van der Waals surface area contributed by atoms with Crippen molar-refractivity contribution >= 4 is 62.1 Å². The smallest absolute Gasteiger partial charge is 0.293 e. The van der Waals surface area contributed by atoms with Gasteiger partial charge >= 0.3 is 0 Å². The Morgan fingerprint density at radius 2 is 1.82 bits per heavy atom. The number of halogens is 1. The maximum absolute atomic E-state index is 12.7. The molecule has 0 fully saturated rings. The highest BCUT2D eigenvalue weighted by atomic mass is 35.5. The second-order valence-electron chi connectivity index (χ2n) is 7.57. The molecule has 168 valence electrons. The van der Waals surface area contributed by atoms with Crippen LogP contribution in [0.5, 0.6) is 0 Å². The van der Waals surface area contributed by atoms with Crippen molar-refractivity contribution in [1.82, 2.24) is 10.3 Å². The van der Waals surface area contributed by atoms with E-state index in [-0.39, 0.29) is 10.9 Å². The van der Waals surface area contributed by atoms with Crippen molar-refractivity contribution in [2.75, 3.05) is 5.32 Å². The number of amides is 1. The number of carbonyl (C=O) groups excluding carboxylic acids is 1. The van der Waals surface area contributed by atoms with Gasteiger partial charge in [0, 0.05) is 16.1 Å². The molecule has 3 aromatic carbocycles. The normalized spacial score (nSPS) is 10.9. The molecule has 0 saturated carbocycles. The number of nitrogens with one attached hydrogen (secondary N) is 2. The van der Waals surface area contributed by atoms with Gasteiger partial charge in [-0.3, -0.25) is 10.1 Å². The molecule has 0 radical (unpaired) electrons. The Kier molecular flexibility index (Phi) is 6.15. The summed E-state index contributed by atoms with van der Waals surface area (Å²) >= 11 is 13.2. The molecular formula is C26H18ClN3O2S2. The zero-order valence-corrected chi connectivity index (χ0v) is 20.4. The summed E-state index contributed by atoms with van der Waals surface area (Å²) in [5.41, 5.74) is 4.35. The van der Waals surface area contributed by atoms with E-state index in [9.17, 15) is 4.79 Å². The average molecular weight is 504 g/mol. The van der Waals surface area contributed by atoms with Gasteiger partial charge in [-0.15, -0.1) is 11.3 Å². The van der Waals surface area contributed by atoms with E-state index in [1.165, 1.54) is 0 Å². The molecule has 5 nitrogen and oxygen atoms in total. The largest absolute Gasteiger partial charge is 0.451 e. The maximum Gasteiger partial charge on any atom is 0.293 e. The molecule has 8 heteroatoms. The zero-order chi connectivity index (χ0) is 23.7. The molecule has 0 bridgehead atoms. The van der Waals surface area contributed by atoms with Crippen molar-refractivity contribution in [2.24, 2.45) is 0 Å². The lowest BCUT2D eigenvalue weighted by Crippen LogP contribution is -2.34. The summed E-state index contributed by atoms with van der Waals surface area (Å²) < 4.78 is 6.84. The fourth-order valence-corrected chi connectivity index (χ4v) is 4.83. The molecule has 0 atom stereocenters. The lowest BCUT2D eigenvalue weighted by molar-refractivity contribution is 0.0951. The number of para-hydroxylation sites is 2. The Balaban J connectivity index is 1.31. The first-order chi connectivity index (χ1) is 16.5. The summed E-state index contributed by atoms with van der Waals surface area (Å²) in [5, 5.41) is 7.46. The predicted molar refractivity (Wildman–Crippen MR) is 143 cm³/mol. The molecule has 0 aliphatic carbocycles. The van der Waals surface area contributed by atoms with Crippen molar-refractivity contribution < 1.29 is 9.21 Å². The Hall–Kier alpha value is -3.52. The molecule has 1 amide bonds. The Labute approximate surface area is 210 Å². The number of hydrogen-bond acceptors (Lipinski definition) is 5. The molecular weight excluding hydrogens is 486 g/mol. The number of furan rings is 1. The van der Waals surface area contributed by atoms with Crippen molar-refractivity contribution in [3.63, 3.8) is 0 Å². The van der Waals surface area contributed by atoms with E-state index in [0.29, 0.717) is 10.8 Å². The lowest BCUT2D eigenvalue weighted by Gasteiger charge is -2.11. The van der Waals surface area contributed by atoms with Gasteiger partial charge in [0.15, 0.2) is 10.9 Å². The van der Waals surface area contributed by atoms with E-state index in [4.69, 9.17) is 33.2 Å². The van der Waals surface area contributed by atoms with Gasteiger partial charge in [0.05, 0.1) is 15.9 Å². The van der Waals surface area contributed by atoms with Crippen LogP contribution in [-0.4, -0.2) is 16.0 Å². The number of nitrogens with zero attached hydrogens (tertiary/aromatic N) is 1. The molecule has 0 aliphatic rings. The van der Waals surface area contributed by atoms with Crippen molar-refractivity contribution in [1.29, 1.82) is 0 Å². The number of aryl methyl sites for hydroxylation is 1. The van der Waals surface area contributed by atoms with Gasteiger partial charge < -0.3 is 9.73 Å². The number of carbonyl (C=O) groups is 1. The van der Waals surface area contributed by atoms with Crippen molar-refractivity contribution in [3.8, 4) is 21.9 Å². The molecule has 2 aromatic heterocycles. The number of thiocarbonyl (C=S) groups is 1. The van der Waals surface area contributed by atoms with Crippen LogP contribution >= 0.6 is 35.2 Å². The minimum absolute atomic E-state index is 0.148. The van der Waals surface area contributed by atoms with Gasteiger partial charge in [-0.1, -0.05) is 48.0 Å². The number of hydrogen-bond donors (Lipinski definition) is 2. The number of thiazole rings is 1. The van der Waals surface area contributed by atoms with Gasteiger partial charge in [-0.05, 0) is 67.2 Å². The fraction of sp³-hybridized carbons (Fsp3) is 0.0385. The first-order valence-corrected chi connectivity index (χ1v) is 12.0. The van der Waals surface area contributed by atoms with Crippen LogP contribution in [0.15, 0.2) is 83.3 Å². The highest BCUT2D eigenvalue weighted by Gasteiger charge is 2.16. The summed E-state index contributed by atoms with van der Waals surface area (Å²) in [7, 11) is 0. The van der Waals surface area contributed by atoms with E-state index in [0.717, 1.165) is 37.6 Å². The second kappa shape index (κ2) is 9.38. The van der Waals surface area contributed by atoms with E-state index < -0.39 is 5.91 Å². The van der Waals surface area contributed by atoms with Crippen LogP contribution in [0, 0.1) is 6.92 Å². The van der Waals surface area contributed by atoms with Gasteiger partial charge in [-0.2, -0.15) is 0 Å². The molecule has 5 rings (SSSR count). The van der Waals surface area contributed by atoms with Crippen molar-refractivity contribution in [3.05, 3.63) is 95.2 Å². The lowest BCUT2D eigenvalue weighted by atomic mass is 10.1. The minimum Gasteiger partial charge on any atom is -0.451 e. The average Bonchev–Trinajstić information content (AvgIpc) is 3.49. The molecule has 34 heavy (non-hydrogen) atoms. The van der Waals surface area contributed by atoms with E-state index in [2.05, 4.69) is 10.6 Å². The summed E-state index contributed by atoms with van der Waals surface area (Å²) in [6, 6.07) is 24.6. The van der Waals surface area contributed by atoms with Crippen molar-refractivity contribution in [2.45, 2.75) is 6.92 Å². The van der Waals surface area contributed by atoms with Crippen LogP contribution in [0.4, 0.5) is 5.69 Å². The van der Waals surface area contributed by atoms with Crippen LogP contribution < -0.4 is 10.6 Å². The Morgan fingerprint density at radius 3 is 2.65 bits per heavy atom. The molecule has 2 heterocycles. The third kappa shape index (κ3) is 4.59. The highest BCUT2D eigenvalue weighted by molar-refractivity contribution is 7.80. The molecule has 0 spiro atoms. The van der Waals surface area contributed by atoms with Gasteiger partial charge in [0.25, 0.3) is 5.91 Å². The predicted octanol–water partition coefficient (Wildman–Crippen LogP) is 7.31. The summed E-state index contributed by atoms with van der Waals surface area (Å²) in [6.45, 7) is 1.93. The Morgan fingerprint density at radius 1 is 1.03 bits per heavy atom. The molecule has 5 aromatic rings. The first kappa shape index (κ1) is 22.3. The number of rotatable bonds is 4. The van der Waals surface area contributed by atoms with E-state index >= 15 is 0 Å². The second-order valence-corrected chi connectivity index (χ2v) is 9.41. The quantitative estimate of drug-likeness (QED) is 0.252. The first-order valence-electron chi connectivity index (χ1n) is 10.4. The highest BCUT2D eigenvalue weighted by Crippen LogP contribution is 2.34. The fourth-order valence-electron chi connectivity index (χ4n) is 3.45. The van der Waals surface area contributed by atoms with Crippen LogP contribution in [0.3, 0.4) is 0 Å². The monoisotopic (exact) mass is 503 g/mol.